The van der Waals surface area contributed by atoms with Gasteiger partial charge in [-0.2, -0.15) is 0 Å². The predicted octanol–water partition coefficient (Wildman–Crippen LogP) is 9.11. The van der Waals surface area contributed by atoms with E-state index in [0.29, 0.717) is 41.1 Å². The highest BCUT2D eigenvalue weighted by atomic mass is 32.1. The minimum atomic E-state index is -4.82. The van der Waals surface area contributed by atoms with Gasteiger partial charge in [0.1, 0.15) is 5.75 Å². The van der Waals surface area contributed by atoms with Crippen LogP contribution in [0.2, 0.25) is 0 Å². The molecule has 1 heterocycles. The Balaban J connectivity index is 1.18. The summed E-state index contributed by atoms with van der Waals surface area (Å²) in [6.45, 7) is 0. The zero-order valence-corrected chi connectivity index (χ0v) is 26.8. The fourth-order valence-corrected chi connectivity index (χ4v) is 8.11. The summed E-state index contributed by atoms with van der Waals surface area (Å²) in [6.07, 6.45) is 9.89. The number of carbonyl (C=O) groups is 1. The van der Waals surface area contributed by atoms with Gasteiger partial charge in [0.15, 0.2) is 0 Å². The summed E-state index contributed by atoms with van der Waals surface area (Å²) < 4.78 is 44.5. The number of halogens is 3. The van der Waals surface area contributed by atoms with Gasteiger partial charge >= 0.3 is 12.3 Å². The topological polar surface area (TPSA) is 95.6 Å². The number of fused-ring (bicyclic) bond motifs is 1. The molecule has 4 unspecified atom stereocenters. The number of hydrogen-bond acceptors (Lipinski definition) is 6. The van der Waals surface area contributed by atoms with E-state index in [9.17, 15) is 23.1 Å². The van der Waals surface area contributed by atoms with E-state index in [1.165, 1.54) is 42.7 Å². The molecule has 11 heteroatoms. The monoisotopic (exact) mass is 655 g/mol. The van der Waals surface area contributed by atoms with Crippen molar-refractivity contribution in [1.82, 2.24) is 4.98 Å². The first-order valence-corrected chi connectivity index (χ1v) is 17.0. The van der Waals surface area contributed by atoms with Gasteiger partial charge < -0.3 is 9.84 Å². The van der Waals surface area contributed by atoms with Gasteiger partial charge in [0.05, 0.1) is 21.5 Å². The van der Waals surface area contributed by atoms with Crippen LogP contribution < -0.4 is 10.0 Å². The van der Waals surface area contributed by atoms with Gasteiger partial charge in [0.25, 0.3) is 0 Å². The molecule has 3 saturated carbocycles. The Morgan fingerprint density at radius 1 is 1.18 bits per heavy atom. The summed E-state index contributed by atoms with van der Waals surface area (Å²) in [6, 6.07) is 9.21. The lowest BCUT2D eigenvalue weighted by atomic mass is 9.61. The lowest BCUT2D eigenvalue weighted by Gasteiger charge is -2.44. The number of allylic oxidation sites excluding steroid dienone is 2. The summed E-state index contributed by atoms with van der Waals surface area (Å²) in [5, 5.41) is 19.7. The quantitative estimate of drug-likeness (QED) is 0.142. The molecule has 3 aliphatic rings. The van der Waals surface area contributed by atoms with Gasteiger partial charge in [0, 0.05) is 11.8 Å². The number of nitrogens with zero attached hydrogens (tertiary/aromatic N) is 2. The normalized spacial score (nSPS) is 21.5. The first-order valence-electron chi connectivity index (χ1n) is 15.6. The molecule has 2 N–H and O–H groups in total. The second kappa shape index (κ2) is 13.3. The third-order valence-electron chi connectivity index (χ3n) is 9.56. The van der Waals surface area contributed by atoms with Gasteiger partial charge in [0.2, 0.25) is 5.13 Å². The molecule has 3 aliphatic carbocycles. The summed E-state index contributed by atoms with van der Waals surface area (Å²) in [5.41, 5.74) is 2.09. The maximum absolute atomic E-state index is 13.1. The Bertz CT molecular complexity index is 1640. The van der Waals surface area contributed by atoms with Crippen molar-refractivity contribution in [2.45, 2.75) is 70.6 Å². The van der Waals surface area contributed by atoms with Gasteiger partial charge in [-0.1, -0.05) is 48.8 Å². The fraction of sp³-hybridized carbons (Fsp3) is 0.471. The van der Waals surface area contributed by atoms with Crippen LogP contribution in [0, 0.1) is 35.0 Å². The summed E-state index contributed by atoms with van der Waals surface area (Å²) in [4.78, 5) is 20.8. The van der Waals surface area contributed by atoms with Gasteiger partial charge in [-0.3, -0.25) is 5.41 Å². The van der Waals surface area contributed by atoms with Crippen molar-refractivity contribution in [3.05, 3.63) is 59.2 Å². The number of alkyl halides is 3. The number of ether oxygens (including phenoxy) is 1. The molecule has 238 valence electrons. The molecular formula is C34H37F3N3O3PS. The lowest BCUT2D eigenvalue weighted by Crippen LogP contribution is -2.35. The van der Waals surface area contributed by atoms with Crippen molar-refractivity contribution in [3.8, 4) is 5.75 Å². The van der Waals surface area contributed by atoms with Crippen LogP contribution in [0.5, 0.6) is 5.75 Å². The molecule has 4 atom stereocenters. The maximum atomic E-state index is 13.1. The van der Waals surface area contributed by atoms with Crippen molar-refractivity contribution in [2.24, 2.45) is 34.6 Å². The second-order valence-corrected chi connectivity index (χ2v) is 14.3. The first-order chi connectivity index (χ1) is 21.5. The van der Waals surface area contributed by atoms with Crippen LogP contribution in [-0.4, -0.2) is 34.3 Å². The molecule has 0 amide bonds. The smallest absolute Gasteiger partial charge is 0.478 e. The molecule has 6 rings (SSSR count). The van der Waals surface area contributed by atoms with E-state index in [-0.39, 0.29) is 22.6 Å². The predicted molar refractivity (Wildman–Crippen MR) is 176 cm³/mol. The highest BCUT2D eigenvalue weighted by Gasteiger charge is 2.39. The molecule has 0 spiro atoms. The number of aromatic nitrogens is 1. The van der Waals surface area contributed by atoms with Crippen molar-refractivity contribution in [3.63, 3.8) is 0 Å². The highest BCUT2D eigenvalue weighted by Crippen LogP contribution is 2.49. The van der Waals surface area contributed by atoms with Crippen molar-refractivity contribution < 1.29 is 27.8 Å². The number of benzene rings is 2. The average Bonchev–Trinajstić information content (AvgIpc) is 3.67. The second-order valence-electron chi connectivity index (χ2n) is 12.7. The Morgan fingerprint density at radius 2 is 1.96 bits per heavy atom. The van der Waals surface area contributed by atoms with Crippen molar-refractivity contribution >= 4 is 59.1 Å². The number of carboxylic acid groups (broad SMARTS) is 1. The third-order valence-corrected chi connectivity index (χ3v) is 10.9. The molecule has 6 nitrogen and oxygen atoms in total. The van der Waals surface area contributed by atoms with E-state index in [0.717, 1.165) is 59.6 Å². The van der Waals surface area contributed by atoms with Crippen molar-refractivity contribution in [1.29, 1.82) is 5.41 Å². The summed E-state index contributed by atoms with van der Waals surface area (Å²) in [7, 11) is 2.56. The van der Waals surface area contributed by atoms with Crippen LogP contribution in [0.25, 0.3) is 10.2 Å². The van der Waals surface area contributed by atoms with E-state index in [1.807, 2.05) is 6.21 Å². The van der Waals surface area contributed by atoms with E-state index < -0.39 is 12.3 Å². The van der Waals surface area contributed by atoms with Gasteiger partial charge in [-0.15, -0.1) is 22.4 Å². The number of aliphatic imine (C=N–C) groups is 1. The average molecular weight is 656 g/mol. The molecule has 0 radical (unpaired) electrons. The Morgan fingerprint density at radius 3 is 2.60 bits per heavy atom. The number of para-hydroxylation sites is 1. The number of thiazole rings is 1. The minimum absolute atomic E-state index is 0.125. The van der Waals surface area contributed by atoms with E-state index >= 15 is 0 Å². The summed E-state index contributed by atoms with van der Waals surface area (Å²) in [5.74, 6) is 1.05. The zero-order chi connectivity index (χ0) is 31.7. The molecular weight excluding hydrogens is 618 g/mol. The van der Waals surface area contributed by atoms with E-state index in [2.05, 4.69) is 25.0 Å². The Labute approximate surface area is 266 Å². The lowest BCUT2D eigenvalue weighted by molar-refractivity contribution is -0.274. The molecule has 2 aromatic carbocycles. The molecule has 0 saturated heterocycles. The number of rotatable bonds is 13. The molecule has 0 aliphatic heterocycles. The standard InChI is InChI=1S/C34H37F3N3O3PS/c35-34(36,37)43-27-7-2-1-6-26(27)30(38)23(15-20-8-9-20)16-21-10-11-25(21)22(14-19-4-3-5-19)12-13-39-33-40-31-28(44)17-24(32(41)42)18-29(31)45-33/h1-2,6-7,13,15,17-22,25,38H,3-5,8-12,14,16,44H2,(H,41,42)/b23-15+,38-30?,39-13+. The maximum Gasteiger partial charge on any atom is 0.573 e. The zero-order valence-electron chi connectivity index (χ0n) is 24.9. The SMILES string of the molecule is N=C(/C(=C/C1CC1)CC1CCC1C(C/C=N/c1nc2c(P)cc(C(=O)O)cc2s1)CC1CCC1)c1ccccc1OC(F)(F)F. The third kappa shape index (κ3) is 7.83. The van der Waals surface area contributed by atoms with Crippen molar-refractivity contribution in [2.75, 3.05) is 0 Å². The molecule has 3 fully saturated rings. The fourth-order valence-electron chi connectivity index (χ4n) is 6.70. The molecule has 45 heavy (non-hydrogen) atoms. The van der Waals surface area contributed by atoms with Gasteiger partial charge in [-0.25, -0.2) is 14.8 Å². The first kappa shape index (κ1) is 31.9. The molecule has 3 aromatic rings. The van der Waals surface area contributed by atoms with Crippen LogP contribution in [0.15, 0.2) is 53.0 Å². The largest absolute Gasteiger partial charge is 0.573 e. The number of nitrogens with one attached hydrogen (secondary N) is 1. The molecule has 0 bridgehead atoms. The highest BCUT2D eigenvalue weighted by molar-refractivity contribution is 7.29. The molecule has 1 aromatic heterocycles. The summed E-state index contributed by atoms with van der Waals surface area (Å²) >= 11 is 1.38. The van der Waals surface area contributed by atoms with Crippen LogP contribution in [-0.2, 0) is 0 Å². The Hall–Kier alpha value is -3.10. The minimum Gasteiger partial charge on any atom is -0.478 e. The number of hydrogen-bond donors (Lipinski definition) is 2. The van der Waals surface area contributed by atoms with Crippen LogP contribution >= 0.6 is 20.6 Å². The number of carboxylic acids is 1. The van der Waals surface area contributed by atoms with E-state index in [1.54, 1.807) is 24.3 Å². The van der Waals surface area contributed by atoms with Crippen LogP contribution in [0.1, 0.15) is 80.1 Å². The van der Waals surface area contributed by atoms with Gasteiger partial charge in [-0.05, 0) is 110 Å². The van der Waals surface area contributed by atoms with E-state index in [4.69, 9.17) is 10.4 Å². The van der Waals surface area contributed by atoms with Crippen LogP contribution in [0.4, 0.5) is 18.3 Å². The number of aromatic carboxylic acids is 1. The Kier molecular flexibility index (Phi) is 9.44. The van der Waals surface area contributed by atoms with Crippen LogP contribution in [0.3, 0.4) is 0 Å².